The third kappa shape index (κ3) is 4.64. The van der Waals surface area contributed by atoms with Crippen molar-refractivity contribution in [2.24, 2.45) is 0 Å². The van der Waals surface area contributed by atoms with Crippen LogP contribution in [-0.4, -0.2) is 9.97 Å². The molecule has 0 atom stereocenters. The number of hydrogen-bond acceptors (Lipinski definition) is 2. The van der Waals surface area contributed by atoms with Crippen LogP contribution in [0.25, 0.3) is 44.1 Å². The van der Waals surface area contributed by atoms with E-state index in [1.54, 1.807) is 0 Å². The predicted octanol–water partition coefficient (Wildman–Crippen LogP) is 6.94. The summed E-state index contributed by atoms with van der Waals surface area (Å²) in [5.74, 6) is 0. The van der Waals surface area contributed by atoms with Gasteiger partial charge in [0.1, 0.15) is 0 Å². The first-order valence-electron chi connectivity index (χ1n) is 12.3. The third-order valence-corrected chi connectivity index (χ3v) is 6.65. The Balaban J connectivity index is 0.00000289. The summed E-state index contributed by atoms with van der Waals surface area (Å²) in [6, 6.07) is 20.5. The van der Waals surface area contributed by atoms with E-state index in [9.17, 15) is 0 Å². The van der Waals surface area contributed by atoms with Crippen LogP contribution in [0.15, 0.2) is 60.7 Å². The van der Waals surface area contributed by atoms with E-state index in [1.807, 2.05) is 36.4 Å². The number of nitrogens with zero attached hydrogens (tertiary/aromatic N) is 4. The number of aromatic nitrogens is 4. The van der Waals surface area contributed by atoms with Gasteiger partial charge >= 0.3 is 21.1 Å². The molecular formula is C30H30N4Pt. The van der Waals surface area contributed by atoms with Crippen LogP contribution >= 0.6 is 0 Å². The zero-order chi connectivity index (χ0) is 23.7. The SMILES string of the molecule is CCc1c(CC)c2[n-]c1ccc1cccc(n1)c1cccc(ccc3[n-]c2c(CC)c3CC)n1.[Pt+2]. The molecule has 0 saturated carbocycles. The molecule has 0 aliphatic carbocycles. The van der Waals surface area contributed by atoms with Crippen molar-refractivity contribution in [1.82, 2.24) is 19.9 Å². The van der Waals surface area contributed by atoms with Gasteiger partial charge in [-0.15, -0.1) is 22.1 Å². The first-order chi connectivity index (χ1) is 16.7. The molecule has 0 spiro atoms. The summed E-state index contributed by atoms with van der Waals surface area (Å²) in [7, 11) is 0. The molecule has 5 heteroatoms. The minimum Gasteiger partial charge on any atom is -0.658 e. The van der Waals surface area contributed by atoms with Crippen molar-refractivity contribution in [2.75, 3.05) is 0 Å². The second-order valence-corrected chi connectivity index (χ2v) is 8.58. The Morgan fingerprint density at radius 1 is 0.514 bits per heavy atom. The standard InChI is InChI=1S/C30H30N4.Pt/c1-5-21-23(7-3)29-30-24(8-4)22(6-2)26(34-30)18-16-20-12-10-14-28(32-20)27-13-9-11-19(31-27)15-17-25(21)33-29;/h9-18H,5-8H2,1-4H3;/q-2;+2. The number of rotatable bonds is 4. The topological polar surface area (TPSA) is 54.0 Å². The van der Waals surface area contributed by atoms with Crippen LogP contribution in [0.4, 0.5) is 0 Å². The van der Waals surface area contributed by atoms with E-state index in [-0.39, 0.29) is 21.1 Å². The van der Waals surface area contributed by atoms with Gasteiger partial charge in [0.2, 0.25) is 0 Å². The fourth-order valence-electron chi connectivity index (χ4n) is 5.03. The molecule has 35 heavy (non-hydrogen) atoms. The van der Waals surface area contributed by atoms with Crippen molar-refractivity contribution >= 4 is 44.1 Å². The van der Waals surface area contributed by atoms with Crippen LogP contribution in [0, 0.1) is 0 Å². The fourth-order valence-corrected chi connectivity index (χ4v) is 5.03. The first-order valence-corrected chi connectivity index (χ1v) is 12.3. The Kier molecular flexibility index (Phi) is 7.72. The number of aryl methyl sites for hydroxylation is 4. The molecule has 5 heterocycles. The molecule has 5 aromatic heterocycles. The summed E-state index contributed by atoms with van der Waals surface area (Å²) in [6.45, 7) is 8.86. The van der Waals surface area contributed by atoms with Crippen molar-refractivity contribution in [1.29, 1.82) is 0 Å². The fraction of sp³-hybridized carbons (Fsp3) is 0.267. The van der Waals surface area contributed by atoms with Crippen LogP contribution in [-0.2, 0) is 46.7 Å². The summed E-state index contributed by atoms with van der Waals surface area (Å²) >= 11 is 0. The normalized spacial score (nSPS) is 11.1. The van der Waals surface area contributed by atoms with Crippen LogP contribution in [0.3, 0.4) is 0 Å². The van der Waals surface area contributed by atoms with Gasteiger partial charge in [-0.05, 0) is 62.1 Å². The molecule has 0 fully saturated rings. The van der Waals surface area contributed by atoms with Gasteiger partial charge < -0.3 is 9.97 Å². The molecule has 0 radical (unpaired) electrons. The van der Waals surface area contributed by atoms with Gasteiger partial charge in [0, 0.05) is 0 Å². The Morgan fingerprint density at radius 3 is 1.29 bits per heavy atom. The molecule has 0 unspecified atom stereocenters. The maximum absolute atomic E-state index is 5.16. The van der Waals surface area contributed by atoms with Crippen LogP contribution in [0.2, 0.25) is 0 Å². The van der Waals surface area contributed by atoms with Crippen molar-refractivity contribution in [3.05, 3.63) is 82.9 Å². The summed E-state index contributed by atoms with van der Waals surface area (Å²) < 4.78 is 0. The van der Waals surface area contributed by atoms with E-state index in [0.29, 0.717) is 0 Å². The molecule has 5 rings (SSSR count). The molecule has 0 N–H and O–H groups in total. The van der Waals surface area contributed by atoms with Gasteiger partial charge in [0.25, 0.3) is 0 Å². The number of pyridine rings is 2. The maximum Gasteiger partial charge on any atom is 2.00 e. The molecule has 0 aliphatic rings. The molecular weight excluding hydrogens is 611 g/mol. The van der Waals surface area contributed by atoms with Gasteiger partial charge in [-0.2, -0.15) is 0 Å². The molecule has 8 bridgehead atoms. The van der Waals surface area contributed by atoms with Gasteiger partial charge in [0.15, 0.2) is 0 Å². The third-order valence-electron chi connectivity index (χ3n) is 6.65. The molecule has 0 amide bonds. The van der Waals surface area contributed by atoms with Crippen molar-refractivity contribution in [2.45, 2.75) is 53.4 Å². The van der Waals surface area contributed by atoms with E-state index in [0.717, 1.165) is 69.8 Å². The second kappa shape index (κ2) is 10.7. The Bertz CT molecular complexity index is 1490. The van der Waals surface area contributed by atoms with Crippen LogP contribution in [0.1, 0.15) is 49.9 Å². The summed E-state index contributed by atoms with van der Waals surface area (Å²) in [5.41, 5.74) is 12.9. The zero-order valence-electron chi connectivity index (χ0n) is 20.7. The van der Waals surface area contributed by atoms with E-state index in [1.165, 1.54) is 22.3 Å². The van der Waals surface area contributed by atoms with Gasteiger partial charge in [-0.3, -0.25) is 0 Å². The Hall–Kier alpha value is -2.97. The summed E-state index contributed by atoms with van der Waals surface area (Å²) in [4.78, 5) is 20.0. The number of hydrogen-bond donors (Lipinski definition) is 0. The van der Waals surface area contributed by atoms with E-state index >= 15 is 0 Å². The molecule has 0 aromatic carbocycles. The zero-order valence-corrected chi connectivity index (χ0v) is 23.0. The van der Waals surface area contributed by atoms with Crippen molar-refractivity contribution in [3.63, 3.8) is 0 Å². The quantitative estimate of drug-likeness (QED) is 0.214. The van der Waals surface area contributed by atoms with Gasteiger partial charge in [0.05, 0.1) is 22.1 Å². The molecule has 4 nitrogen and oxygen atoms in total. The largest absolute Gasteiger partial charge is 2.00 e. The average molecular weight is 642 g/mol. The average Bonchev–Trinajstić information content (AvgIpc) is 3.42. The Morgan fingerprint density at radius 2 is 0.914 bits per heavy atom. The maximum atomic E-state index is 5.16. The predicted molar refractivity (Wildman–Crippen MR) is 143 cm³/mol. The van der Waals surface area contributed by atoms with Crippen molar-refractivity contribution in [3.8, 4) is 0 Å². The van der Waals surface area contributed by atoms with E-state index < -0.39 is 0 Å². The molecule has 0 saturated heterocycles. The van der Waals surface area contributed by atoms with E-state index in [4.69, 9.17) is 19.9 Å². The molecule has 180 valence electrons. The van der Waals surface area contributed by atoms with Gasteiger partial charge in [-0.25, -0.2) is 9.97 Å². The van der Waals surface area contributed by atoms with E-state index in [2.05, 4.69) is 52.0 Å². The minimum absolute atomic E-state index is 0. The first kappa shape index (κ1) is 25.1. The Labute approximate surface area is 220 Å². The van der Waals surface area contributed by atoms with Gasteiger partial charge in [-0.1, -0.05) is 74.2 Å². The smallest absolute Gasteiger partial charge is 0.658 e. The summed E-state index contributed by atoms with van der Waals surface area (Å²) in [5, 5.41) is 0. The van der Waals surface area contributed by atoms with Crippen LogP contribution in [0.5, 0.6) is 0 Å². The minimum atomic E-state index is 0. The van der Waals surface area contributed by atoms with Crippen LogP contribution < -0.4 is 9.97 Å². The molecule has 0 aliphatic heterocycles. The molecule has 5 aromatic rings. The summed E-state index contributed by atoms with van der Waals surface area (Å²) in [6.07, 6.45) is 3.75. The second-order valence-electron chi connectivity index (χ2n) is 8.58. The van der Waals surface area contributed by atoms with Crippen molar-refractivity contribution < 1.29 is 21.1 Å². The number of fused-ring (bicyclic) bond motifs is 10. The monoisotopic (exact) mass is 641 g/mol.